The minimum Gasteiger partial charge on any atom is -0.381 e. The average Bonchev–Trinajstić information content (AvgIpc) is 3.81. The second-order valence-corrected chi connectivity index (χ2v) is 11.3. The summed E-state index contributed by atoms with van der Waals surface area (Å²) >= 11 is 0. The lowest BCUT2D eigenvalue weighted by atomic mass is 9.98. The standard InChI is InChI=1S/C32H34N8O7/c1-3-19(2)27-17-47-18-39(27)32(44)23-13-22(15-25(16-23)40(45)46)30(42)34-26(12-20-8-5-4-6-9-20)28(41)31(43)33-24-11-7-10-21(14-24)29-35-37-38-36-29/h4-11,13-16,19,26-28,41H,3,12,17-18H2,1-2H3,(H,33,43)(H,34,42)(H,35,36,37,38)/t19?,26-,27+,28-/m0/s1. The molecule has 4 N–H and O–H groups in total. The van der Waals surface area contributed by atoms with Crippen LogP contribution in [0.1, 0.15) is 46.5 Å². The number of nitro groups is 1. The first-order valence-corrected chi connectivity index (χ1v) is 15.0. The summed E-state index contributed by atoms with van der Waals surface area (Å²) in [6.45, 7) is 4.35. The van der Waals surface area contributed by atoms with Crippen LogP contribution in [0.25, 0.3) is 11.4 Å². The van der Waals surface area contributed by atoms with E-state index >= 15 is 0 Å². The highest BCUT2D eigenvalue weighted by Crippen LogP contribution is 2.26. The van der Waals surface area contributed by atoms with E-state index in [0.717, 1.165) is 18.6 Å². The highest BCUT2D eigenvalue weighted by atomic mass is 16.6. The number of carbonyl (C=O) groups is 3. The van der Waals surface area contributed by atoms with Gasteiger partial charge in [-0.1, -0.05) is 62.7 Å². The second-order valence-electron chi connectivity index (χ2n) is 11.3. The van der Waals surface area contributed by atoms with Crippen molar-refractivity contribution in [3.63, 3.8) is 0 Å². The summed E-state index contributed by atoms with van der Waals surface area (Å²) in [4.78, 5) is 53.1. The van der Waals surface area contributed by atoms with Gasteiger partial charge in [0.05, 0.1) is 23.6 Å². The lowest BCUT2D eigenvalue weighted by Gasteiger charge is -2.27. The van der Waals surface area contributed by atoms with Gasteiger partial charge in [0.2, 0.25) is 5.82 Å². The number of hydrogen-bond donors (Lipinski definition) is 4. The lowest BCUT2D eigenvalue weighted by molar-refractivity contribution is -0.384. The molecule has 4 atom stereocenters. The smallest absolute Gasteiger partial charge is 0.271 e. The van der Waals surface area contributed by atoms with Crippen molar-refractivity contribution in [1.29, 1.82) is 0 Å². The van der Waals surface area contributed by atoms with Crippen LogP contribution in [-0.4, -0.2) is 84.8 Å². The molecule has 2 heterocycles. The number of hydrogen-bond acceptors (Lipinski definition) is 10. The predicted octanol–water partition coefficient (Wildman–Crippen LogP) is 2.96. The highest BCUT2D eigenvalue weighted by molar-refractivity contribution is 6.01. The van der Waals surface area contributed by atoms with Gasteiger partial charge in [-0.3, -0.25) is 24.5 Å². The molecule has 1 aromatic heterocycles. The van der Waals surface area contributed by atoms with Crippen molar-refractivity contribution in [3.8, 4) is 11.4 Å². The molecule has 3 amide bonds. The summed E-state index contributed by atoms with van der Waals surface area (Å²) in [6.07, 6.45) is -0.902. The van der Waals surface area contributed by atoms with E-state index in [2.05, 4.69) is 31.3 Å². The van der Waals surface area contributed by atoms with E-state index < -0.39 is 40.5 Å². The van der Waals surface area contributed by atoms with Gasteiger partial charge >= 0.3 is 0 Å². The molecule has 0 spiro atoms. The fraction of sp³-hybridized carbons (Fsp3) is 0.312. The van der Waals surface area contributed by atoms with E-state index in [0.29, 0.717) is 29.2 Å². The minimum atomic E-state index is -1.74. The number of aromatic nitrogens is 4. The Morgan fingerprint density at radius 1 is 1.11 bits per heavy atom. The third-order valence-electron chi connectivity index (χ3n) is 8.12. The predicted molar refractivity (Wildman–Crippen MR) is 169 cm³/mol. The van der Waals surface area contributed by atoms with E-state index in [1.807, 2.05) is 13.8 Å². The van der Waals surface area contributed by atoms with Gasteiger partial charge < -0.3 is 25.4 Å². The third-order valence-corrected chi connectivity index (χ3v) is 8.12. The largest absolute Gasteiger partial charge is 0.381 e. The van der Waals surface area contributed by atoms with Gasteiger partial charge in [0.15, 0.2) is 6.10 Å². The summed E-state index contributed by atoms with van der Waals surface area (Å²) in [6, 6.07) is 17.5. The van der Waals surface area contributed by atoms with Crippen LogP contribution in [0.15, 0.2) is 72.8 Å². The Labute approximate surface area is 269 Å². The first kappa shape index (κ1) is 32.8. The highest BCUT2D eigenvalue weighted by Gasteiger charge is 2.35. The molecule has 1 aliphatic heterocycles. The van der Waals surface area contributed by atoms with Crippen LogP contribution in [0, 0.1) is 16.0 Å². The van der Waals surface area contributed by atoms with Crippen molar-refractivity contribution in [3.05, 3.63) is 99.6 Å². The van der Waals surface area contributed by atoms with Crippen LogP contribution in [0.4, 0.5) is 11.4 Å². The van der Waals surface area contributed by atoms with Crippen molar-refractivity contribution >= 4 is 29.1 Å². The number of nitrogens with zero attached hydrogens (tertiary/aromatic N) is 5. The van der Waals surface area contributed by atoms with Crippen LogP contribution >= 0.6 is 0 Å². The van der Waals surface area contributed by atoms with Crippen molar-refractivity contribution in [2.24, 2.45) is 5.92 Å². The van der Waals surface area contributed by atoms with E-state index in [1.165, 1.54) is 11.0 Å². The average molecular weight is 643 g/mol. The van der Waals surface area contributed by atoms with Crippen LogP contribution in [-0.2, 0) is 16.0 Å². The zero-order valence-corrected chi connectivity index (χ0v) is 25.7. The Kier molecular flexibility index (Phi) is 10.3. The molecule has 1 saturated heterocycles. The fourth-order valence-corrected chi connectivity index (χ4v) is 5.33. The van der Waals surface area contributed by atoms with Gasteiger partial charge in [-0.15, -0.1) is 10.2 Å². The maximum atomic E-state index is 13.6. The maximum absolute atomic E-state index is 13.6. The number of nitro benzene ring substituents is 1. The number of H-pyrrole nitrogens is 1. The SMILES string of the molecule is CCC(C)[C@H]1COCN1C(=O)c1cc(C(=O)N[C@@H](Cc2ccccc2)[C@H](O)C(=O)Nc2cccc(-c3nn[nH]n3)c2)cc([N+](=O)[O-])c1. The Morgan fingerprint density at radius 3 is 2.57 bits per heavy atom. The Hall–Kier alpha value is -5.54. The molecule has 5 rings (SSSR count). The number of rotatable bonds is 12. The first-order chi connectivity index (χ1) is 22.6. The quantitative estimate of drug-likeness (QED) is 0.131. The van der Waals surface area contributed by atoms with Crippen LogP contribution in [0.3, 0.4) is 0 Å². The number of tetrazole rings is 1. The fourth-order valence-electron chi connectivity index (χ4n) is 5.33. The molecule has 0 saturated carbocycles. The number of nitrogens with one attached hydrogen (secondary N) is 3. The number of anilines is 1. The van der Waals surface area contributed by atoms with Gasteiger partial charge in [-0.2, -0.15) is 5.21 Å². The van der Waals surface area contributed by atoms with E-state index in [1.54, 1.807) is 54.6 Å². The first-order valence-electron chi connectivity index (χ1n) is 15.0. The molecule has 1 aliphatic rings. The molecule has 244 valence electrons. The molecular weight excluding hydrogens is 608 g/mol. The summed E-state index contributed by atoms with van der Waals surface area (Å²) in [7, 11) is 0. The Bertz CT molecular complexity index is 1730. The molecular formula is C32H34N8O7. The number of aliphatic hydroxyl groups is 1. The van der Waals surface area contributed by atoms with Gasteiger partial charge in [-0.05, 0) is 41.3 Å². The summed E-state index contributed by atoms with van der Waals surface area (Å²) in [5.41, 5.74) is 0.921. The number of aromatic amines is 1. The van der Waals surface area contributed by atoms with E-state index in [4.69, 9.17) is 4.74 Å². The van der Waals surface area contributed by atoms with Crippen molar-refractivity contribution in [1.82, 2.24) is 30.8 Å². The van der Waals surface area contributed by atoms with E-state index in [9.17, 15) is 29.6 Å². The van der Waals surface area contributed by atoms with Crippen LogP contribution in [0.5, 0.6) is 0 Å². The summed E-state index contributed by atoms with van der Waals surface area (Å²) in [5, 5.41) is 42.1. The molecule has 1 unspecified atom stereocenters. The maximum Gasteiger partial charge on any atom is 0.271 e. The third kappa shape index (κ3) is 7.82. The lowest BCUT2D eigenvalue weighted by Crippen LogP contribution is -2.50. The number of benzene rings is 3. The normalized spacial score (nSPS) is 16.2. The molecule has 15 heteroatoms. The number of carbonyl (C=O) groups excluding carboxylic acids is 3. The van der Waals surface area contributed by atoms with Crippen LogP contribution < -0.4 is 10.6 Å². The van der Waals surface area contributed by atoms with Crippen molar-refractivity contribution < 1.29 is 29.2 Å². The molecule has 0 radical (unpaired) electrons. The zero-order valence-electron chi connectivity index (χ0n) is 25.7. The topological polar surface area (TPSA) is 206 Å². The van der Waals surface area contributed by atoms with Gasteiger partial charge in [0, 0.05) is 34.5 Å². The molecule has 0 bridgehead atoms. The van der Waals surface area contributed by atoms with E-state index in [-0.39, 0.29) is 36.2 Å². The van der Waals surface area contributed by atoms with Crippen molar-refractivity contribution in [2.45, 2.75) is 44.9 Å². The summed E-state index contributed by atoms with van der Waals surface area (Å²) in [5.74, 6) is -1.70. The second kappa shape index (κ2) is 14.7. The van der Waals surface area contributed by atoms with Gasteiger partial charge in [0.1, 0.15) is 6.73 Å². The zero-order chi connectivity index (χ0) is 33.5. The molecule has 15 nitrogen and oxygen atoms in total. The monoisotopic (exact) mass is 642 g/mol. The minimum absolute atomic E-state index is 0.0243. The Balaban J connectivity index is 1.39. The molecule has 1 fully saturated rings. The number of non-ortho nitro benzene ring substituents is 1. The Morgan fingerprint density at radius 2 is 1.87 bits per heavy atom. The number of amides is 3. The number of aliphatic hydroxyl groups excluding tert-OH is 1. The molecule has 3 aromatic carbocycles. The molecule has 0 aliphatic carbocycles. The van der Waals surface area contributed by atoms with Gasteiger partial charge in [0.25, 0.3) is 23.4 Å². The van der Waals surface area contributed by atoms with Crippen molar-refractivity contribution in [2.75, 3.05) is 18.7 Å². The number of ether oxygens (including phenoxy) is 1. The molecule has 47 heavy (non-hydrogen) atoms. The molecule has 4 aromatic rings. The van der Waals surface area contributed by atoms with Gasteiger partial charge in [-0.25, -0.2) is 0 Å². The summed E-state index contributed by atoms with van der Waals surface area (Å²) < 4.78 is 5.53. The van der Waals surface area contributed by atoms with Crippen LogP contribution in [0.2, 0.25) is 0 Å².